The molecule has 3 nitrogen and oxygen atoms in total. The van der Waals surface area contributed by atoms with Gasteiger partial charge in [-0.15, -0.1) is 0 Å². The van der Waals surface area contributed by atoms with Crippen LogP contribution in [-0.2, 0) is 6.18 Å². The van der Waals surface area contributed by atoms with Gasteiger partial charge in [-0.1, -0.05) is 12.1 Å². The Morgan fingerprint density at radius 3 is 2.40 bits per heavy atom. The second kappa shape index (κ2) is 5.13. The van der Waals surface area contributed by atoms with Crippen molar-refractivity contribution in [2.24, 2.45) is 0 Å². The molecular weight excluding hydrogens is 267 g/mol. The second-order valence-corrected chi connectivity index (χ2v) is 4.09. The molecule has 20 heavy (non-hydrogen) atoms. The molecule has 0 aliphatic rings. The summed E-state index contributed by atoms with van der Waals surface area (Å²) in [5, 5.41) is 11.6. The Morgan fingerprint density at radius 1 is 1.05 bits per heavy atom. The molecule has 0 aliphatic carbocycles. The Labute approximate surface area is 113 Å². The normalized spacial score (nSPS) is 10.9. The van der Waals surface area contributed by atoms with Crippen molar-refractivity contribution in [2.45, 2.75) is 6.18 Å². The number of nitrogens with one attached hydrogen (secondary N) is 1. The zero-order valence-electron chi connectivity index (χ0n) is 10.2. The number of para-hydroxylation sites is 1. The Bertz CT molecular complexity index is 672. The van der Waals surface area contributed by atoms with Gasteiger partial charge in [0, 0.05) is 5.69 Å². The van der Waals surface area contributed by atoms with Crippen LogP contribution in [0.4, 0.5) is 30.2 Å². The first-order valence-corrected chi connectivity index (χ1v) is 5.64. The zero-order valence-corrected chi connectivity index (χ0v) is 10.2. The molecule has 0 atom stereocenters. The standard InChI is InChI=1S/C14H10F3N3/c15-14(16,17)11-3-1-2-4-13(11)20-12-6-5-10(19)7-9(12)8-18/h1-7,20H,19H2. The van der Waals surface area contributed by atoms with Crippen molar-refractivity contribution >= 4 is 17.1 Å². The van der Waals surface area contributed by atoms with Gasteiger partial charge in [0.1, 0.15) is 6.07 Å². The van der Waals surface area contributed by atoms with Crippen molar-refractivity contribution in [3.63, 3.8) is 0 Å². The quantitative estimate of drug-likeness (QED) is 0.818. The number of nitrogens with zero attached hydrogens (tertiary/aromatic N) is 1. The molecule has 3 N–H and O–H groups in total. The molecule has 2 aromatic carbocycles. The van der Waals surface area contributed by atoms with E-state index in [2.05, 4.69) is 5.32 Å². The van der Waals surface area contributed by atoms with Gasteiger partial charge in [-0.25, -0.2) is 0 Å². The molecular formula is C14H10F3N3. The Hall–Kier alpha value is -2.68. The molecule has 0 heterocycles. The first kappa shape index (κ1) is 13.7. The lowest BCUT2D eigenvalue weighted by Gasteiger charge is -2.15. The fraction of sp³-hybridized carbons (Fsp3) is 0.0714. The summed E-state index contributed by atoms with van der Waals surface area (Å²) in [7, 11) is 0. The lowest BCUT2D eigenvalue weighted by molar-refractivity contribution is -0.136. The van der Waals surface area contributed by atoms with Crippen LogP contribution in [0.5, 0.6) is 0 Å². The van der Waals surface area contributed by atoms with Gasteiger partial charge in [0.15, 0.2) is 0 Å². The summed E-state index contributed by atoms with van der Waals surface area (Å²) in [6.45, 7) is 0. The summed E-state index contributed by atoms with van der Waals surface area (Å²) >= 11 is 0. The number of hydrogen-bond acceptors (Lipinski definition) is 3. The fourth-order valence-corrected chi connectivity index (χ4v) is 1.75. The van der Waals surface area contributed by atoms with Crippen LogP contribution in [0.2, 0.25) is 0 Å². The maximum Gasteiger partial charge on any atom is 0.418 e. The van der Waals surface area contributed by atoms with E-state index in [4.69, 9.17) is 11.0 Å². The van der Waals surface area contributed by atoms with Crippen LogP contribution < -0.4 is 11.1 Å². The first-order chi connectivity index (χ1) is 9.41. The molecule has 0 amide bonds. The Kier molecular flexibility index (Phi) is 3.53. The highest BCUT2D eigenvalue weighted by Gasteiger charge is 2.33. The molecule has 0 unspecified atom stereocenters. The molecule has 102 valence electrons. The highest BCUT2D eigenvalue weighted by Crippen LogP contribution is 2.36. The lowest BCUT2D eigenvalue weighted by atomic mass is 10.1. The van der Waals surface area contributed by atoms with Gasteiger partial charge in [0.05, 0.1) is 22.5 Å². The summed E-state index contributed by atoms with van der Waals surface area (Å²) < 4.78 is 38.6. The van der Waals surface area contributed by atoms with Crippen molar-refractivity contribution in [1.82, 2.24) is 0 Å². The number of nitrogens with two attached hydrogens (primary N) is 1. The van der Waals surface area contributed by atoms with Crippen LogP contribution in [-0.4, -0.2) is 0 Å². The van der Waals surface area contributed by atoms with Crippen molar-refractivity contribution in [3.8, 4) is 6.07 Å². The molecule has 0 saturated carbocycles. The van der Waals surface area contributed by atoms with Gasteiger partial charge in [0.25, 0.3) is 0 Å². The average molecular weight is 277 g/mol. The summed E-state index contributed by atoms with van der Waals surface area (Å²) in [5.74, 6) is 0. The van der Waals surface area contributed by atoms with Crippen LogP contribution in [0.15, 0.2) is 42.5 Å². The molecule has 6 heteroatoms. The summed E-state index contributed by atoms with van der Waals surface area (Å²) in [6, 6.07) is 11.4. The third kappa shape index (κ3) is 2.83. The number of rotatable bonds is 2. The van der Waals surface area contributed by atoms with Gasteiger partial charge in [-0.05, 0) is 30.3 Å². The van der Waals surface area contributed by atoms with Gasteiger partial charge in [0.2, 0.25) is 0 Å². The number of benzene rings is 2. The maximum atomic E-state index is 12.9. The molecule has 0 aliphatic heterocycles. The molecule has 2 aromatic rings. The van der Waals surface area contributed by atoms with Gasteiger partial charge in [-0.3, -0.25) is 0 Å². The highest BCUT2D eigenvalue weighted by molar-refractivity contribution is 5.71. The average Bonchev–Trinajstić information content (AvgIpc) is 2.40. The van der Waals surface area contributed by atoms with Crippen LogP contribution in [0.1, 0.15) is 11.1 Å². The Morgan fingerprint density at radius 2 is 1.75 bits per heavy atom. The van der Waals surface area contributed by atoms with Crippen molar-refractivity contribution in [1.29, 1.82) is 5.26 Å². The molecule has 0 bridgehead atoms. The SMILES string of the molecule is N#Cc1cc(N)ccc1Nc1ccccc1C(F)(F)F. The number of anilines is 3. The minimum atomic E-state index is -4.47. The van der Waals surface area contributed by atoms with Crippen LogP contribution in [0, 0.1) is 11.3 Å². The lowest BCUT2D eigenvalue weighted by Crippen LogP contribution is -2.09. The Balaban J connectivity index is 2.44. The third-order valence-electron chi connectivity index (χ3n) is 2.67. The molecule has 0 radical (unpaired) electrons. The monoisotopic (exact) mass is 277 g/mol. The van der Waals surface area contributed by atoms with Gasteiger partial charge in [-0.2, -0.15) is 18.4 Å². The van der Waals surface area contributed by atoms with E-state index < -0.39 is 11.7 Å². The van der Waals surface area contributed by atoms with E-state index in [-0.39, 0.29) is 16.9 Å². The van der Waals surface area contributed by atoms with E-state index >= 15 is 0 Å². The number of nitriles is 1. The summed E-state index contributed by atoms with van der Waals surface area (Å²) in [5.41, 5.74) is 5.47. The molecule has 0 spiro atoms. The van der Waals surface area contributed by atoms with E-state index in [1.807, 2.05) is 6.07 Å². The zero-order chi connectivity index (χ0) is 14.8. The minimum absolute atomic E-state index is 0.110. The van der Waals surface area contributed by atoms with E-state index in [0.29, 0.717) is 5.69 Å². The number of halogens is 3. The molecule has 2 rings (SSSR count). The van der Waals surface area contributed by atoms with E-state index in [0.717, 1.165) is 6.07 Å². The number of alkyl halides is 3. The molecule has 0 aromatic heterocycles. The van der Waals surface area contributed by atoms with Crippen molar-refractivity contribution in [3.05, 3.63) is 53.6 Å². The third-order valence-corrected chi connectivity index (χ3v) is 2.67. The maximum absolute atomic E-state index is 12.9. The van der Waals surface area contributed by atoms with Gasteiger partial charge >= 0.3 is 6.18 Å². The van der Waals surface area contributed by atoms with Crippen molar-refractivity contribution < 1.29 is 13.2 Å². The summed E-state index contributed by atoms with van der Waals surface area (Å²) in [4.78, 5) is 0. The number of nitrogen functional groups attached to an aromatic ring is 1. The van der Waals surface area contributed by atoms with Crippen LogP contribution in [0.3, 0.4) is 0 Å². The van der Waals surface area contributed by atoms with E-state index in [9.17, 15) is 13.2 Å². The molecule has 0 fully saturated rings. The summed E-state index contributed by atoms with van der Waals surface area (Å²) in [6.07, 6.45) is -4.47. The minimum Gasteiger partial charge on any atom is -0.399 e. The van der Waals surface area contributed by atoms with Crippen molar-refractivity contribution in [2.75, 3.05) is 11.1 Å². The largest absolute Gasteiger partial charge is 0.418 e. The molecule has 0 saturated heterocycles. The fourth-order valence-electron chi connectivity index (χ4n) is 1.75. The first-order valence-electron chi connectivity index (χ1n) is 5.64. The van der Waals surface area contributed by atoms with E-state index in [1.54, 1.807) is 0 Å². The van der Waals surface area contributed by atoms with Crippen LogP contribution >= 0.6 is 0 Å². The topological polar surface area (TPSA) is 61.8 Å². The van der Waals surface area contributed by atoms with Crippen LogP contribution in [0.25, 0.3) is 0 Å². The smallest absolute Gasteiger partial charge is 0.399 e. The number of hydrogen-bond donors (Lipinski definition) is 2. The van der Waals surface area contributed by atoms with Gasteiger partial charge < -0.3 is 11.1 Å². The predicted octanol–water partition coefficient (Wildman–Crippen LogP) is 3.90. The second-order valence-electron chi connectivity index (χ2n) is 4.09. The van der Waals surface area contributed by atoms with E-state index in [1.165, 1.54) is 36.4 Å². The highest BCUT2D eigenvalue weighted by atomic mass is 19.4. The predicted molar refractivity (Wildman–Crippen MR) is 70.3 cm³/mol.